The van der Waals surface area contributed by atoms with Crippen LogP contribution in [-0.4, -0.2) is 45.4 Å². The van der Waals surface area contributed by atoms with Gasteiger partial charge in [-0.05, 0) is 37.1 Å². The molecular weight excluding hydrogens is 374 g/mol. The molecule has 1 saturated heterocycles. The number of rotatable bonds is 4. The van der Waals surface area contributed by atoms with Crippen LogP contribution in [0.25, 0.3) is 5.69 Å². The molecule has 28 heavy (non-hydrogen) atoms. The van der Waals surface area contributed by atoms with E-state index in [4.69, 9.17) is 5.73 Å². The Hall–Kier alpha value is -2.70. The molecule has 1 aromatic heterocycles. The van der Waals surface area contributed by atoms with Gasteiger partial charge in [0.2, 0.25) is 0 Å². The van der Waals surface area contributed by atoms with Gasteiger partial charge < -0.3 is 10.6 Å². The molecule has 1 amide bonds. The van der Waals surface area contributed by atoms with Crippen molar-refractivity contribution in [2.24, 2.45) is 11.7 Å². The molecule has 2 N–H and O–H groups in total. The molecule has 2 aromatic carbocycles. The number of likely N-dealkylation sites (tertiary alicyclic amines) is 1. The van der Waals surface area contributed by atoms with E-state index >= 15 is 0 Å². The van der Waals surface area contributed by atoms with Gasteiger partial charge in [-0.25, -0.2) is 4.68 Å². The number of hydrogen-bond donors (Lipinski definition) is 1. The lowest BCUT2D eigenvalue weighted by atomic mass is 9.89. The first-order valence-electron chi connectivity index (χ1n) is 9.19. The monoisotopic (exact) mass is 397 g/mol. The average Bonchev–Trinajstić information content (AvgIpc) is 3.36. The fourth-order valence-corrected chi connectivity index (χ4v) is 3.70. The Bertz CT molecular complexity index is 925. The third kappa shape index (κ3) is 3.93. The Balaban J connectivity index is 0.00000225. The summed E-state index contributed by atoms with van der Waals surface area (Å²) in [6.45, 7) is 3.89. The summed E-state index contributed by atoms with van der Waals surface area (Å²) < 4.78 is 1.64. The fourth-order valence-electron chi connectivity index (χ4n) is 3.70. The maximum Gasteiger partial charge on any atom is 0.276 e. The Kier molecular flexibility index (Phi) is 6.11. The van der Waals surface area contributed by atoms with Crippen molar-refractivity contribution < 1.29 is 4.79 Å². The van der Waals surface area contributed by atoms with Gasteiger partial charge in [-0.3, -0.25) is 4.79 Å². The second kappa shape index (κ2) is 8.54. The SMILES string of the molecule is Cc1ccc(-n2cc(C(=O)N3C[C@@H](CN)[C@H](c4ccccc4)C3)nn2)cc1.Cl. The van der Waals surface area contributed by atoms with Crippen LogP contribution in [0.3, 0.4) is 0 Å². The number of amides is 1. The van der Waals surface area contributed by atoms with E-state index < -0.39 is 0 Å². The van der Waals surface area contributed by atoms with Crippen molar-refractivity contribution in [1.29, 1.82) is 0 Å². The Morgan fingerprint density at radius 3 is 2.50 bits per heavy atom. The molecular formula is C21H24ClN5O. The molecule has 0 saturated carbocycles. The minimum Gasteiger partial charge on any atom is -0.336 e. The molecule has 0 aliphatic carbocycles. The maximum atomic E-state index is 13.0. The third-order valence-electron chi connectivity index (χ3n) is 5.27. The van der Waals surface area contributed by atoms with Gasteiger partial charge in [0.05, 0.1) is 11.9 Å². The summed E-state index contributed by atoms with van der Waals surface area (Å²) in [5.74, 6) is 0.418. The summed E-state index contributed by atoms with van der Waals surface area (Å²) in [6, 6.07) is 18.2. The second-order valence-electron chi connectivity index (χ2n) is 7.11. The van der Waals surface area contributed by atoms with Gasteiger partial charge in [0.15, 0.2) is 5.69 Å². The van der Waals surface area contributed by atoms with Crippen molar-refractivity contribution in [2.45, 2.75) is 12.8 Å². The highest BCUT2D eigenvalue weighted by Crippen LogP contribution is 2.32. The van der Waals surface area contributed by atoms with Crippen LogP contribution < -0.4 is 5.73 Å². The van der Waals surface area contributed by atoms with E-state index in [2.05, 4.69) is 22.4 Å². The number of carbonyl (C=O) groups excluding carboxylic acids is 1. The van der Waals surface area contributed by atoms with E-state index in [1.165, 1.54) is 11.1 Å². The molecule has 2 atom stereocenters. The van der Waals surface area contributed by atoms with Crippen molar-refractivity contribution in [3.05, 3.63) is 77.6 Å². The number of nitrogens with zero attached hydrogens (tertiary/aromatic N) is 4. The van der Waals surface area contributed by atoms with Crippen molar-refractivity contribution in [1.82, 2.24) is 19.9 Å². The van der Waals surface area contributed by atoms with Gasteiger partial charge >= 0.3 is 0 Å². The van der Waals surface area contributed by atoms with Crippen molar-refractivity contribution in [2.75, 3.05) is 19.6 Å². The molecule has 0 radical (unpaired) electrons. The highest BCUT2D eigenvalue weighted by molar-refractivity contribution is 5.92. The number of aryl methyl sites for hydroxylation is 1. The zero-order valence-corrected chi connectivity index (χ0v) is 16.5. The predicted octanol–water partition coefficient (Wildman–Crippen LogP) is 2.81. The summed E-state index contributed by atoms with van der Waals surface area (Å²) in [5, 5.41) is 8.22. The van der Waals surface area contributed by atoms with Crippen molar-refractivity contribution in [3.63, 3.8) is 0 Å². The molecule has 1 aliphatic rings. The second-order valence-corrected chi connectivity index (χ2v) is 7.11. The van der Waals surface area contributed by atoms with Crippen molar-refractivity contribution in [3.8, 4) is 5.69 Å². The van der Waals surface area contributed by atoms with E-state index in [9.17, 15) is 4.79 Å². The van der Waals surface area contributed by atoms with E-state index in [-0.39, 0.29) is 30.2 Å². The minimum absolute atomic E-state index is 0. The van der Waals surface area contributed by atoms with Gasteiger partial charge in [-0.1, -0.05) is 53.2 Å². The normalized spacial score (nSPS) is 18.7. The lowest BCUT2D eigenvalue weighted by Gasteiger charge is -2.16. The largest absolute Gasteiger partial charge is 0.336 e. The topological polar surface area (TPSA) is 77.0 Å². The first-order valence-corrected chi connectivity index (χ1v) is 9.19. The van der Waals surface area contributed by atoms with Gasteiger partial charge in [-0.15, -0.1) is 17.5 Å². The summed E-state index contributed by atoms with van der Waals surface area (Å²) in [6.07, 6.45) is 1.69. The van der Waals surface area contributed by atoms with Crippen molar-refractivity contribution >= 4 is 18.3 Å². The standard InChI is InChI=1S/C21H23N5O.ClH/c1-15-7-9-18(10-8-15)26-14-20(23-24-26)21(27)25-12-17(11-22)19(13-25)16-5-3-2-4-6-16;/h2-10,14,17,19H,11-13,22H2,1H3;1H/t17-,19+;/m1./s1. The van der Waals surface area contributed by atoms with E-state index in [0.717, 1.165) is 5.69 Å². The van der Waals surface area contributed by atoms with Gasteiger partial charge in [0, 0.05) is 19.0 Å². The van der Waals surface area contributed by atoms with Crippen LogP contribution in [0.15, 0.2) is 60.8 Å². The molecule has 6 nitrogen and oxygen atoms in total. The molecule has 1 aliphatic heterocycles. The molecule has 0 spiro atoms. The molecule has 7 heteroatoms. The van der Waals surface area contributed by atoms with E-state index in [0.29, 0.717) is 25.3 Å². The lowest BCUT2D eigenvalue weighted by Crippen LogP contribution is -2.30. The molecule has 3 aromatic rings. The predicted molar refractivity (Wildman–Crippen MR) is 111 cm³/mol. The van der Waals surface area contributed by atoms with Crippen LogP contribution in [0, 0.1) is 12.8 Å². The Morgan fingerprint density at radius 1 is 1.11 bits per heavy atom. The summed E-state index contributed by atoms with van der Waals surface area (Å²) >= 11 is 0. The summed E-state index contributed by atoms with van der Waals surface area (Å²) in [5.41, 5.74) is 9.63. The number of nitrogens with two attached hydrogens (primary N) is 1. The molecule has 146 valence electrons. The number of carbonyl (C=O) groups is 1. The zero-order chi connectivity index (χ0) is 18.8. The summed E-state index contributed by atoms with van der Waals surface area (Å²) in [7, 11) is 0. The summed E-state index contributed by atoms with van der Waals surface area (Å²) in [4.78, 5) is 14.8. The van der Waals surface area contributed by atoms with Crippen LogP contribution in [0.4, 0.5) is 0 Å². The first-order chi connectivity index (χ1) is 13.2. The number of halogens is 1. The van der Waals surface area contributed by atoms with Gasteiger partial charge in [0.25, 0.3) is 5.91 Å². The highest BCUT2D eigenvalue weighted by Gasteiger charge is 2.36. The molecule has 0 bridgehead atoms. The van der Waals surface area contributed by atoms with Crippen LogP contribution >= 0.6 is 12.4 Å². The number of aromatic nitrogens is 3. The Labute approximate surface area is 170 Å². The maximum absolute atomic E-state index is 13.0. The molecule has 2 heterocycles. The van der Waals surface area contributed by atoms with Crippen LogP contribution in [0.5, 0.6) is 0 Å². The molecule has 1 fully saturated rings. The minimum atomic E-state index is -0.0924. The van der Waals surface area contributed by atoms with Gasteiger partial charge in [0.1, 0.15) is 0 Å². The average molecular weight is 398 g/mol. The molecule has 4 rings (SSSR count). The van der Waals surface area contributed by atoms with Crippen LogP contribution in [0.1, 0.15) is 27.5 Å². The highest BCUT2D eigenvalue weighted by atomic mass is 35.5. The van der Waals surface area contributed by atoms with E-state index in [1.807, 2.05) is 54.3 Å². The van der Waals surface area contributed by atoms with Gasteiger partial charge in [-0.2, -0.15) is 0 Å². The van der Waals surface area contributed by atoms with Crippen LogP contribution in [0.2, 0.25) is 0 Å². The quantitative estimate of drug-likeness (QED) is 0.734. The molecule has 0 unspecified atom stereocenters. The number of benzene rings is 2. The fraction of sp³-hybridized carbons (Fsp3) is 0.286. The Morgan fingerprint density at radius 2 is 1.82 bits per heavy atom. The number of hydrogen-bond acceptors (Lipinski definition) is 4. The lowest BCUT2D eigenvalue weighted by molar-refractivity contribution is 0.0780. The van der Waals surface area contributed by atoms with E-state index in [1.54, 1.807) is 10.9 Å². The zero-order valence-electron chi connectivity index (χ0n) is 15.7. The first kappa shape index (κ1) is 20.0. The van der Waals surface area contributed by atoms with Crippen LogP contribution in [-0.2, 0) is 0 Å². The smallest absolute Gasteiger partial charge is 0.276 e. The third-order valence-corrected chi connectivity index (χ3v) is 5.27.